The van der Waals surface area contributed by atoms with Crippen LogP contribution >= 0.6 is 34.8 Å². The number of halogens is 3. The summed E-state index contributed by atoms with van der Waals surface area (Å²) in [7, 11) is 1.54. The zero-order valence-electron chi connectivity index (χ0n) is 21.5. The molecule has 0 saturated carbocycles. The smallest absolute Gasteiger partial charge is 0.345 e. The Labute approximate surface area is 251 Å². The molecule has 7 nitrogen and oxygen atoms in total. The van der Waals surface area contributed by atoms with Gasteiger partial charge < -0.3 is 24.7 Å². The first-order chi connectivity index (χ1) is 19.8. The summed E-state index contributed by atoms with van der Waals surface area (Å²) < 4.78 is 22.9. The van der Waals surface area contributed by atoms with Crippen molar-refractivity contribution in [2.24, 2.45) is 5.73 Å². The molecule has 10 heteroatoms. The summed E-state index contributed by atoms with van der Waals surface area (Å²) in [6, 6.07) is 24.2. The lowest BCUT2D eigenvalue weighted by atomic mass is 9.83. The number of ether oxygens (including phenoxy) is 4. The number of hydrogen-bond acceptors (Lipinski definition) is 7. The van der Waals surface area contributed by atoms with Crippen LogP contribution in [-0.2, 0) is 6.61 Å². The Hall–Kier alpha value is -4.35. The van der Waals surface area contributed by atoms with Gasteiger partial charge in [0.2, 0.25) is 5.88 Å². The zero-order chi connectivity index (χ0) is 29.1. The molecule has 206 valence electrons. The van der Waals surface area contributed by atoms with Gasteiger partial charge in [0.15, 0.2) is 11.5 Å². The van der Waals surface area contributed by atoms with E-state index in [1.54, 1.807) is 42.5 Å². The molecule has 1 atom stereocenters. The van der Waals surface area contributed by atoms with E-state index < -0.39 is 11.9 Å². The number of nitrogens with zero attached hydrogens (tertiary/aromatic N) is 1. The molecule has 2 N–H and O–H groups in total. The van der Waals surface area contributed by atoms with Gasteiger partial charge in [0, 0.05) is 21.7 Å². The molecule has 1 aliphatic heterocycles. The predicted octanol–water partition coefficient (Wildman–Crippen LogP) is 7.67. The second-order valence-corrected chi connectivity index (χ2v) is 10.2. The summed E-state index contributed by atoms with van der Waals surface area (Å²) in [5.41, 5.74) is 8.86. The van der Waals surface area contributed by atoms with Crippen molar-refractivity contribution in [1.82, 2.24) is 0 Å². The van der Waals surface area contributed by atoms with E-state index in [1.807, 2.05) is 18.2 Å². The van der Waals surface area contributed by atoms with Crippen LogP contribution in [0.5, 0.6) is 23.0 Å². The van der Waals surface area contributed by atoms with Gasteiger partial charge in [0.25, 0.3) is 0 Å². The Morgan fingerprint density at radius 3 is 2.41 bits per heavy atom. The number of allylic oxidation sites excluding steroid dienone is 1. The molecule has 0 amide bonds. The molecule has 0 radical (unpaired) electrons. The average Bonchev–Trinajstić information content (AvgIpc) is 2.96. The van der Waals surface area contributed by atoms with Crippen LogP contribution in [0.2, 0.25) is 15.1 Å². The van der Waals surface area contributed by atoms with Gasteiger partial charge in [-0.25, -0.2) is 4.79 Å². The van der Waals surface area contributed by atoms with Crippen molar-refractivity contribution in [1.29, 1.82) is 5.26 Å². The third-order valence-corrected chi connectivity index (χ3v) is 7.18. The summed E-state index contributed by atoms with van der Waals surface area (Å²) in [5.74, 6) is 0.243. The monoisotopic (exact) mass is 606 g/mol. The van der Waals surface area contributed by atoms with Crippen molar-refractivity contribution in [3.8, 4) is 29.1 Å². The predicted molar refractivity (Wildman–Crippen MR) is 156 cm³/mol. The number of fused-ring (bicyclic) bond motifs is 1. The molecule has 0 aromatic heterocycles. The van der Waals surface area contributed by atoms with E-state index in [4.69, 9.17) is 59.5 Å². The van der Waals surface area contributed by atoms with E-state index in [2.05, 4.69) is 6.07 Å². The minimum atomic E-state index is -0.667. The SMILES string of the molecule is COc1cc(C2C(C#N)=C(N)Oc3cc(OC(=O)c4ccc(Cl)cc4Cl)ccc32)ccc1OCc1ccc(Cl)cc1. The number of rotatable bonds is 7. The molecular formula is C31H21Cl3N2O5. The lowest BCUT2D eigenvalue weighted by Gasteiger charge is -2.27. The van der Waals surface area contributed by atoms with Crippen LogP contribution in [0, 0.1) is 11.3 Å². The van der Waals surface area contributed by atoms with Gasteiger partial charge in [-0.2, -0.15) is 5.26 Å². The molecule has 1 heterocycles. The van der Waals surface area contributed by atoms with Crippen LogP contribution in [0.1, 0.15) is 33.0 Å². The van der Waals surface area contributed by atoms with Crippen LogP contribution in [0.3, 0.4) is 0 Å². The highest BCUT2D eigenvalue weighted by Crippen LogP contribution is 2.45. The number of carbonyl (C=O) groups excluding carboxylic acids is 1. The Kier molecular flexibility index (Phi) is 8.27. The van der Waals surface area contributed by atoms with Crippen LogP contribution in [-0.4, -0.2) is 13.1 Å². The summed E-state index contributed by atoms with van der Waals surface area (Å²) in [6.45, 7) is 0.312. The third kappa shape index (κ3) is 6.06. The molecule has 1 aliphatic rings. The van der Waals surface area contributed by atoms with Gasteiger partial charge in [-0.05, 0) is 59.7 Å². The summed E-state index contributed by atoms with van der Waals surface area (Å²) in [4.78, 5) is 12.7. The number of methoxy groups -OCH3 is 1. The fourth-order valence-corrected chi connectivity index (χ4v) is 5.00. The first kappa shape index (κ1) is 28.2. The summed E-state index contributed by atoms with van der Waals surface area (Å²) in [6.07, 6.45) is 0. The van der Waals surface area contributed by atoms with E-state index in [9.17, 15) is 10.1 Å². The van der Waals surface area contributed by atoms with E-state index in [0.717, 1.165) is 11.1 Å². The number of nitrogens with two attached hydrogens (primary N) is 1. The quantitative estimate of drug-likeness (QED) is 0.170. The van der Waals surface area contributed by atoms with Crippen LogP contribution in [0.25, 0.3) is 0 Å². The molecule has 0 spiro atoms. The van der Waals surface area contributed by atoms with E-state index >= 15 is 0 Å². The van der Waals surface area contributed by atoms with Crippen molar-refractivity contribution in [3.63, 3.8) is 0 Å². The molecule has 0 bridgehead atoms. The molecule has 1 unspecified atom stereocenters. The Morgan fingerprint density at radius 2 is 1.71 bits per heavy atom. The standard InChI is InChI=1S/C31H21Cl3N2O5/c1-38-28-12-18(4-11-26(28)39-16-17-2-5-19(32)6-3-17)29-23-10-8-21(14-27(23)41-30(36)24(29)15-35)40-31(37)22-9-7-20(33)13-25(22)34/h2-14,29H,16,36H2,1H3. The first-order valence-electron chi connectivity index (χ1n) is 12.2. The summed E-state index contributed by atoms with van der Waals surface area (Å²) >= 11 is 18.0. The Bertz CT molecular complexity index is 1710. The zero-order valence-corrected chi connectivity index (χ0v) is 23.8. The lowest BCUT2D eigenvalue weighted by molar-refractivity contribution is 0.0734. The largest absolute Gasteiger partial charge is 0.493 e. The van der Waals surface area contributed by atoms with Crippen molar-refractivity contribution in [2.45, 2.75) is 12.5 Å². The van der Waals surface area contributed by atoms with E-state index in [1.165, 1.54) is 25.3 Å². The highest BCUT2D eigenvalue weighted by molar-refractivity contribution is 6.36. The molecule has 0 aliphatic carbocycles. The van der Waals surface area contributed by atoms with Crippen LogP contribution < -0.4 is 24.7 Å². The average molecular weight is 608 g/mol. The van der Waals surface area contributed by atoms with Gasteiger partial charge >= 0.3 is 5.97 Å². The molecule has 41 heavy (non-hydrogen) atoms. The topological polar surface area (TPSA) is 104 Å². The molecule has 0 saturated heterocycles. The van der Waals surface area contributed by atoms with Crippen molar-refractivity contribution in [3.05, 3.63) is 128 Å². The number of carbonyl (C=O) groups is 1. The van der Waals surface area contributed by atoms with Crippen molar-refractivity contribution < 1.29 is 23.7 Å². The fraction of sp³-hybridized carbons (Fsp3) is 0.0968. The third-order valence-electron chi connectivity index (χ3n) is 6.38. The molecular weight excluding hydrogens is 587 g/mol. The maximum Gasteiger partial charge on any atom is 0.345 e. The van der Waals surface area contributed by atoms with Gasteiger partial charge in [-0.3, -0.25) is 0 Å². The van der Waals surface area contributed by atoms with Gasteiger partial charge in [0.1, 0.15) is 29.7 Å². The normalized spacial score (nSPS) is 14.0. The minimum Gasteiger partial charge on any atom is -0.493 e. The number of esters is 1. The van der Waals surface area contributed by atoms with Gasteiger partial charge in [-0.15, -0.1) is 0 Å². The molecule has 5 rings (SSSR count). The molecule has 4 aromatic carbocycles. The highest BCUT2D eigenvalue weighted by Gasteiger charge is 2.32. The van der Waals surface area contributed by atoms with Gasteiger partial charge in [0.05, 0.1) is 23.6 Å². The Morgan fingerprint density at radius 1 is 0.951 bits per heavy atom. The number of nitriles is 1. The fourth-order valence-electron chi connectivity index (χ4n) is 4.38. The van der Waals surface area contributed by atoms with E-state index in [-0.39, 0.29) is 27.8 Å². The number of hydrogen-bond donors (Lipinski definition) is 1. The lowest BCUT2D eigenvalue weighted by Crippen LogP contribution is -2.21. The summed E-state index contributed by atoms with van der Waals surface area (Å²) in [5, 5.41) is 11.2. The highest BCUT2D eigenvalue weighted by atomic mass is 35.5. The van der Waals surface area contributed by atoms with Crippen molar-refractivity contribution in [2.75, 3.05) is 7.11 Å². The van der Waals surface area contributed by atoms with Crippen LogP contribution in [0.4, 0.5) is 0 Å². The van der Waals surface area contributed by atoms with Crippen LogP contribution in [0.15, 0.2) is 90.3 Å². The maximum absolute atomic E-state index is 12.7. The second-order valence-electron chi connectivity index (χ2n) is 8.96. The minimum absolute atomic E-state index is 0.0590. The first-order valence-corrected chi connectivity index (χ1v) is 13.3. The Balaban J connectivity index is 1.43. The van der Waals surface area contributed by atoms with E-state index in [0.29, 0.717) is 39.5 Å². The second kappa shape index (κ2) is 12.0. The molecule has 0 fully saturated rings. The maximum atomic E-state index is 12.7. The number of benzene rings is 4. The van der Waals surface area contributed by atoms with Crippen molar-refractivity contribution >= 4 is 40.8 Å². The molecule has 4 aromatic rings. The van der Waals surface area contributed by atoms with Gasteiger partial charge in [-0.1, -0.05) is 59.1 Å².